The summed E-state index contributed by atoms with van der Waals surface area (Å²) >= 11 is 1.06. The van der Waals surface area contributed by atoms with Crippen molar-refractivity contribution in [2.24, 2.45) is 0 Å². The lowest BCUT2D eigenvalue weighted by atomic mass is 10.2. The number of thiazole rings is 1. The summed E-state index contributed by atoms with van der Waals surface area (Å²) in [6.07, 6.45) is 1.54. The van der Waals surface area contributed by atoms with Gasteiger partial charge in [0.1, 0.15) is 16.3 Å². The number of carbonyl (C=O) groups is 1. The molecule has 1 amide bonds. The molecule has 5 aromatic rings. The molecule has 1 fully saturated rings. The standard InChI is InChI=1S/C28H33FN10O4S/c1-31-7-8-35(2)22(40)17-43-18-5-6-20(19(29)16-18)37-12-9-36(10-13-37)11-14-38-25-23(44-28(38)41)26-32-24(21-4-3-15-42-21)34-39(26)27(30)33-25/h3-6,15-16,31H,7-14,17H2,1-2H3,(H2,30,33). The first-order valence-corrected chi connectivity index (χ1v) is 15.0. The Morgan fingerprint density at radius 3 is 2.73 bits per heavy atom. The molecule has 0 aliphatic carbocycles. The number of nitrogens with one attached hydrogen (secondary N) is 1. The van der Waals surface area contributed by atoms with E-state index >= 15 is 4.39 Å². The Kier molecular flexibility index (Phi) is 8.45. The molecule has 0 saturated carbocycles. The average Bonchev–Trinajstić information content (AvgIpc) is 3.78. The van der Waals surface area contributed by atoms with E-state index in [4.69, 9.17) is 14.9 Å². The molecule has 16 heteroatoms. The van der Waals surface area contributed by atoms with Gasteiger partial charge in [0.15, 0.2) is 23.7 Å². The summed E-state index contributed by atoms with van der Waals surface area (Å²) in [6, 6.07) is 8.18. The molecule has 0 radical (unpaired) electrons. The summed E-state index contributed by atoms with van der Waals surface area (Å²) in [7, 11) is 3.52. The summed E-state index contributed by atoms with van der Waals surface area (Å²) in [5.41, 5.74) is 7.60. The van der Waals surface area contributed by atoms with Crippen LogP contribution in [0.5, 0.6) is 5.75 Å². The molecule has 1 aliphatic rings. The van der Waals surface area contributed by atoms with E-state index in [0.717, 1.165) is 11.3 Å². The fraction of sp³-hybridized carbons (Fsp3) is 0.393. The van der Waals surface area contributed by atoms with Crippen molar-refractivity contribution < 1.29 is 18.3 Å². The topological polar surface area (TPSA) is 152 Å². The quantitative estimate of drug-likeness (QED) is 0.219. The first kappa shape index (κ1) is 29.5. The van der Waals surface area contributed by atoms with Crippen molar-refractivity contribution in [3.8, 4) is 17.3 Å². The van der Waals surface area contributed by atoms with Crippen molar-refractivity contribution in [2.75, 3.05) is 77.1 Å². The van der Waals surface area contributed by atoms with Gasteiger partial charge in [-0.25, -0.2) is 9.37 Å². The number of likely N-dealkylation sites (N-methyl/N-ethyl adjacent to an activating group) is 2. The van der Waals surface area contributed by atoms with Gasteiger partial charge in [-0.15, -0.1) is 5.10 Å². The number of anilines is 2. The smallest absolute Gasteiger partial charge is 0.309 e. The van der Waals surface area contributed by atoms with Crippen LogP contribution in [0.15, 0.2) is 45.8 Å². The second-order valence-electron chi connectivity index (χ2n) is 10.4. The molecule has 0 spiro atoms. The molecule has 44 heavy (non-hydrogen) atoms. The van der Waals surface area contributed by atoms with E-state index in [2.05, 4.69) is 25.3 Å². The fourth-order valence-corrected chi connectivity index (χ4v) is 6.02. The van der Waals surface area contributed by atoms with E-state index in [9.17, 15) is 9.59 Å². The molecule has 1 aromatic carbocycles. The number of aromatic nitrogens is 5. The molecular weight excluding hydrogens is 591 g/mol. The van der Waals surface area contributed by atoms with Gasteiger partial charge in [-0.2, -0.15) is 9.50 Å². The van der Waals surface area contributed by atoms with Crippen LogP contribution < -0.4 is 25.6 Å². The zero-order valence-corrected chi connectivity index (χ0v) is 25.2. The van der Waals surface area contributed by atoms with Crippen LogP contribution >= 0.6 is 11.3 Å². The van der Waals surface area contributed by atoms with Gasteiger partial charge in [0.05, 0.1) is 12.0 Å². The van der Waals surface area contributed by atoms with Crippen molar-refractivity contribution in [1.29, 1.82) is 0 Å². The number of halogens is 1. The summed E-state index contributed by atoms with van der Waals surface area (Å²) < 4.78 is 29.6. The number of ether oxygens (including phenoxy) is 1. The largest absolute Gasteiger partial charge is 0.484 e. The lowest BCUT2D eigenvalue weighted by Gasteiger charge is -2.36. The predicted octanol–water partition coefficient (Wildman–Crippen LogP) is 1.36. The molecule has 14 nitrogen and oxygen atoms in total. The van der Waals surface area contributed by atoms with E-state index in [1.807, 2.05) is 11.9 Å². The van der Waals surface area contributed by atoms with Crippen LogP contribution in [0.1, 0.15) is 0 Å². The number of benzene rings is 1. The highest BCUT2D eigenvalue weighted by atomic mass is 32.1. The number of hydrogen-bond acceptors (Lipinski definition) is 12. The molecule has 232 valence electrons. The van der Waals surface area contributed by atoms with Gasteiger partial charge in [-0.3, -0.25) is 19.1 Å². The molecule has 0 atom stereocenters. The van der Waals surface area contributed by atoms with Gasteiger partial charge in [-0.1, -0.05) is 11.3 Å². The molecule has 1 aliphatic heterocycles. The van der Waals surface area contributed by atoms with Crippen LogP contribution in [-0.4, -0.2) is 106 Å². The summed E-state index contributed by atoms with van der Waals surface area (Å²) in [5.74, 6) is 0.708. The third-order valence-corrected chi connectivity index (χ3v) is 8.58. The predicted molar refractivity (Wildman–Crippen MR) is 165 cm³/mol. The van der Waals surface area contributed by atoms with Crippen molar-refractivity contribution in [2.45, 2.75) is 6.54 Å². The number of rotatable bonds is 11. The zero-order valence-electron chi connectivity index (χ0n) is 24.4. The second-order valence-corrected chi connectivity index (χ2v) is 11.4. The van der Waals surface area contributed by atoms with Crippen LogP contribution in [0.2, 0.25) is 0 Å². The van der Waals surface area contributed by atoms with Crippen LogP contribution in [0.3, 0.4) is 0 Å². The average molecular weight is 625 g/mol. The highest BCUT2D eigenvalue weighted by Crippen LogP contribution is 2.27. The van der Waals surface area contributed by atoms with E-state index < -0.39 is 5.82 Å². The first-order valence-electron chi connectivity index (χ1n) is 14.2. The van der Waals surface area contributed by atoms with Gasteiger partial charge < -0.3 is 30.0 Å². The lowest BCUT2D eigenvalue weighted by Crippen LogP contribution is -2.47. The summed E-state index contributed by atoms with van der Waals surface area (Å²) in [5, 5.41) is 7.38. The molecule has 0 bridgehead atoms. The Morgan fingerprint density at radius 2 is 2.00 bits per heavy atom. The van der Waals surface area contributed by atoms with Gasteiger partial charge in [0, 0.05) is 65.5 Å². The molecular formula is C28H33FN10O4S. The fourth-order valence-electron chi connectivity index (χ4n) is 5.08. The van der Waals surface area contributed by atoms with Gasteiger partial charge >= 0.3 is 4.87 Å². The summed E-state index contributed by atoms with van der Waals surface area (Å²) in [6.45, 7) is 4.74. The Hall–Kier alpha value is -4.54. The van der Waals surface area contributed by atoms with Crippen LogP contribution in [0, 0.1) is 5.82 Å². The van der Waals surface area contributed by atoms with Crippen LogP contribution in [0.25, 0.3) is 27.6 Å². The Bertz CT molecular complexity index is 1830. The van der Waals surface area contributed by atoms with Gasteiger partial charge in [-0.05, 0) is 31.3 Å². The number of carbonyl (C=O) groups excluding carboxylic acids is 1. The maximum absolute atomic E-state index is 15.0. The number of hydrogen-bond donors (Lipinski definition) is 2. The van der Waals surface area contributed by atoms with E-state index in [-0.39, 0.29) is 23.3 Å². The Morgan fingerprint density at radius 1 is 1.18 bits per heavy atom. The number of nitrogens with two attached hydrogens (primary N) is 1. The minimum absolute atomic E-state index is 0.125. The van der Waals surface area contributed by atoms with Crippen molar-refractivity contribution in [1.82, 2.24) is 39.3 Å². The lowest BCUT2D eigenvalue weighted by molar-refractivity contribution is -0.132. The van der Waals surface area contributed by atoms with E-state index in [1.165, 1.54) is 16.8 Å². The maximum Gasteiger partial charge on any atom is 0.309 e. The second kappa shape index (κ2) is 12.6. The number of nitrogens with zero attached hydrogens (tertiary/aromatic N) is 8. The third kappa shape index (κ3) is 5.95. The van der Waals surface area contributed by atoms with Crippen molar-refractivity contribution in [3.05, 3.63) is 52.1 Å². The highest BCUT2D eigenvalue weighted by molar-refractivity contribution is 7.17. The van der Waals surface area contributed by atoms with E-state index in [1.54, 1.807) is 40.8 Å². The first-order chi connectivity index (χ1) is 21.3. The minimum atomic E-state index is -0.401. The normalized spacial score (nSPS) is 14.1. The third-order valence-electron chi connectivity index (χ3n) is 7.62. The molecule has 5 heterocycles. The van der Waals surface area contributed by atoms with Gasteiger partial charge in [0.25, 0.3) is 5.91 Å². The Labute approximate surface area is 255 Å². The number of piperazine rings is 1. The van der Waals surface area contributed by atoms with Crippen molar-refractivity contribution >= 4 is 44.9 Å². The number of amides is 1. The summed E-state index contributed by atoms with van der Waals surface area (Å²) in [4.78, 5) is 39.8. The molecule has 3 N–H and O–H groups in total. The highest BCUT2D eigenvalue weighted by Gasteiger charge is 2.23. The van der Waals surface area contributed by atoms with Crippen LogP contribution in [0.4, 0.5) is 16.0 Å². The van der Waals surface area contributed by atoms with Crippen LogP contribution in [-0.2, 0) is 11.3 Å². The maximum atomic E-state index is 15.0. The number of furan rings is 1. The monoisotopic (exact) mass is 624 g/mol. The molecule has 1 saturated heterocycles. The van der Waals surface area contributed by atoms with Gasteiger partial charge in [0.2, 0.25) is 11.8 Å². The minimum Gasteiger partial charge on any atom is -0.484 e. The molecule has 4 aromatic heterocycles. The molecule has 0 unspecified atom stereocenters. The number of nitrogen functional groups attached to an aromatic ring is 1. The zero-order chi connectivity index (χ0) is 30.8. The number of fused-ring (bicyclic) bond motifs is 3. The Balaban J connectivity index is 1.06. The van der Waals surface area contributed by atoms with E-state index in [0.29, 0.717) is 91.4 Å². The van der Waals surface area contributed by atoms with Crippen molar-refractivity contribution in [3.63, 3.8) is 0 Å². The SMILES string of the molecule is CNCCN(C)C(=O)COc1ccc(N2CCN(CCn3c(=O)sc4c3nc(N)n3nc(-c5ccco5)nc43)CC2)c(F)c1. The molecule has 6 rings (SSSR count).